The molecule has 0 spiro atoms. The van der Waals surface area contributed by atoms with Crippen LogP contribution in [0.5, 0.6) is 0 Å². The number of fused-ring (bicyclic) bond motifs is 1. The van der Waals surface area contributed by atoms with E-state index in [9.17, 15) is 14.7 Å². The Labute approximate surface area is 187 Å². The third kappa shape index (κ3) is 4.98. The molecule has 4 aromatic rings. The number of hydrogen-bond donors (Lipinski definition) is 2. The highest BCUT2D eigenvalue weighted by atomic mass is 79.9. The topological polar surface area (TPSA) is 79.3 Å². The summed E-state index contributed by atoms with van der Waals surface area (Å²) >= 11 is 3.42. The van der Waals surface area contributed by atoms with Crippen LogP contribution in [0.4, 0.5) is 0 Å². The van der Waals surface area contributed by atoms with Gasteiger partial charge < -0.3 is 10.4 Å². The van der Waals surface area contributed by atoms with Crippen molar-refractivity contribution in [1.29, 1.82) is 0 Å². The second-order valence-corrected chi connectivity index (χ2v) is 8.09. The summed E-state index contributed by atoms with van der Waals surface area (Å²) in [5.41, 5.74) is 3.05. The van der Waals surface area contributed by atoms with Crippen molar-refractivity contribution in [2.24, 2.45) is 0 Å². The molecule has 1 atom stereocenters. The third-order valence-corrected chi connectivity index (χ3v) is 5.51. The van der Waals surface area contributed by atoms with E-state index in [0.717, 1.165) is 31.9 Å². The highest BCUT2D eigenvalue weighted by molar-refractivity contribution is 9.10. The summed E-state index contributed by atoms with van der Waals surface area (Å²) < 4.78 is 0.930. The fraction of sp³-hybridized carbons (Fsp3) is 0.0800. The minimum absolute atomic E-state index is 0.225. The van der Waals surface area contributed by atoms with Crippen molar-refractivity contribution < 1.29 is 14.7 Å². The van der Waals surface area contributed by atoms with Crippen LogP contribution >= 0.6 is 15.9 Å². The number of nitrogens with zero attached hydrogens (tertiary/aromatic N) is 1. The first-order valence-corrected chi connectivity index (χ1v) is 10.5. The standard InChI is InChI=1S/C25H19BrN2O3/c26-21-11-10-19-13-23(27-15-20(19)12-21)25(31)28-22(14-24(29)30)18-8-6-17(7-9-18)16-4-2-1-3-5-16/h1-13,15,22H,14H2,(H,28,31)(H,29,30). The summed E-state index contributed by atoms with van der Waals surface area (Å²) in [6, 6.07) is 24.2. The van der Waals surface area contributed by atoms with Crippen molar-refractivity contribution >= 4 is 38.6 Å². The Balaban J connectivity index is 1.57. The van der Waals surface area contributed by atoms with Crippen molar-refractivity contribution in [2.75, 3.05) is 0 Å². The van der Waals surface area contributed by atoms with Gasteiger partial charge in [-0.1, -0.05) is 76.6 Å². The molecule has 1 aromatic heterocycles. The van der Waals surface area contributed by atoms with Gasteiger partial charge in [-0.15, -0.1) is 0 Å². The summed E-state index contributed by atoms with van der Waals surface area (Å²) in [5, 5.41) is 14.0. The van der Waals surface area contributed by atoms with Crippen molar-refractivity contribution in [3.05, 3.63) is 101 Å². The number of pyridine rings is 1. The van der Waals surface area contributed by atoms with Gasteiger partial charge in [0.25, 0.3) is 5.91 Å². The van der Waals surface area contributed by atoms with Gasteiger partial charge in [0.2, 0.25) is 0 Å². The van der Waals surface area contributed by atoms with E-state index >= 15 is 0 Å². The van der Waals surface area contributed by atoms with Crippen molar-refractivity contribution in [1.82, 2.24) is 10.3 Å². The maximum Gasteiger partial charge on any atom is 0.305 e. The van der Waals surface area contributed by atoms with E-state index in [4.69, 9.17) is 0 Å². The molecule has 0 fully saturated rings. The molecular formula is C25H19BrN2O3. The van der Waals surface area contributed by atoms with Crippen LogP contribution in [-0.2, 0) is 4.79 Å². The highest BCUT2D eigenvalue weighted by Gasteiger charge is 2.20. The Kier molecular flexibility index (Phi) is 6.09. The highest BCUT2D eigenvalue weighted by Crippen LogP contribution is 2.24. The zero-order valence-electron chi connectivity index (χ0n) is 16.5. The number of carbonyl (C=O) groups is 2. The number of carboxylic acid groups (broad SMARTS) is 1. The predicted molar refractivity (Wildman–Crippen MR) is 124 cm³/mol. The van der Waals surface area contributed by atoms with Crippen molar-refractivity contribution in [3.63, 3.8) is 0 Å². The normalized spacial score (nSPS) is 11.8. The fourth-order valence-electron chi connectivity index (χ4n) is 3.43. The van der Waals surface area contributed by atoms with Crippen molar-refractivity contribution in [3.8, 4) is 11.1 Å². The lowest BCUT2D eigenvalue weighted by Gasteiger charge is -2.18. The van der Waals surface area contributed by atoms with Gasteiger partial charge in [-0.05, 0) is 40.3 Å². The number of rotatable bonds is 6. The largest absolute Gasteiger partial charge is 0.481 e. The Morgan fingerprint density at radius 3 is 2.32 bits per heavy atom. The monoisotopic (exact) mass is 474 g/mol. The average molecular weight is 475 g/mol. The molecule has 0 aliphatic rings. The number of carbonyl (C=O) groups excluding carboxylic acids is 1. The summed E-state index contributed by atoms with van der Waals surface area (Å²) in [7, 11) is 0. The SMILES string of the molecule is O=C(O)CC(NC(=O)c1cc2ccc(Br)cc2cn1)c1ccc(-c2ccccc2)cc1. The lowest BCUT2D eigenvalue weighted by Crippen LogP contribution is -2.30. The Bertz CT molecular complexity index is 1240. The second-order valence-electron chi connectivity index (χ2n) is 7.17. The van der Waals surface area contributed by atoms with Crippen LogP contribution < -0.4 is 5.32 Å². The van der Waals surface area contributed by atoms with Gasteiger partial charge >= 0.3 is 5.97 Å². The number of amides is 1. The number of benzene rings is 3. The summed E-state index contributed by atoms with van der Waals surface area (Å²) in [5.74, 6) is -1.41. The van der Waals surface area contributed by atoms with Gasteiger partial charge in [-0.3, -0.25) is 14.6 Å². The molecule has 1 unspecified atom stereocenters. The van der Waals surface area contributed by atoms with E-state index in [1.165, 1.54) is 0 Å². The smallest absolute Gasteiger partial charge is 0.305 e. The van der Waals surface area contributed by atoms with E-state index in [1.54, 1.807) is 12.3 Å². The molecule has 0 saturated heterocycles. The average Bonchev–Trinajstić information content (AvgIpc) is 2.78. The molecule has 5 nitrogen and oxygen atoms in total. The number of halogens is 1. The van der Waals surface area contributed by atoms with Crippen LogP contribution in [0.25, 0.3) is 21.9 Å². The quantitative estimate of drug-likeness (QED) is 0.380. The molecule has 0 aliphatic carbocycles. The molecule has 0 saturated carbocycles. The maximum absolute atomic E-state index is 12.8. The fourth-order valence-corrected chi connectivity index (χ4v) is 3.81. The van der Waals surface area contributed by atoms with Gasteiger partial charge in [-0.25, -0.2) is 0 Å². The second kappa shape index (κ2) is 9.10. The van der Waals surface area contributed by atoms with Gasteiger partial charge in [0, 0.05) is 16.1 Å². The molecule has 0 aliphatic heterocycles. The minimum Gasteiger partial charge on any atom is -0.481 e. The van der Waals surface area contributed by atoms with E-state index in [1.807, 2.05) is 72.8 Å². The van der Waals surface area contributed by atoms with Crippen LogP contribution in [0, 0.1) is 0 Å². The number of aliphatic carboxylic acids is 1. The first kappa shape index (κ1) is 20.8. The van der Waals surface area contributed by atoms with Crippen LogP contribution in [0.15, 0.2) is 89.5 Å². The van der Waals surface area contributed by atoms with Gasteiger partial charge in [-0.2, -0.15) is 0 Å². The molecule has 0 bridgehead atoms. The van der Waals surface area contributed by atoms with Gasteiger partial charge in [0.15, 0.2) is 0 Å². The zero-order valence-corrected chi connectivity index (χ0v) is 18.0. The van der Waals surface area contributed by atoms with E-state index in [2.05, 4.69) is 26.2 Å². The Hall–Kier alpha value is -3.51. The van der Waals surface area contributed by atoms with E-state index in [-0.39, 0.29) is 12.1 Å². The maximum atomic E-state index is 12.8. The molecular weight excluding hydrogens is 456 g/mol. The number of hydrogen-bond acceptors (Lipinski definition) is 3. The molecule has 0 radical (unpaired) electrons. The molecule has 154 valence electrons. The number of carboxylic acids is 1. The summed E-state index contributed by atoms with van der Waals surface area (Å²) in [6.45, 7) is 0. The Morgan fingerprint density at radius 1 is 0.903 bits per heavy atom. The van der Waals surface area contributed by atoms with Crippen molar-refractivity contribution in [2.45, 2.75) is 12.5 Å². The molecule has 1 amide bonds. The van der Waals surface area contributed by atoms with E-state index < -0.39 is 17.9 Å². The lowest BCUT2D eigenvalue weighted by molar-refractivity contribution is -0.137. The molecule has 4 rings (SSSR count). The zero-order chi connectivity index (χ0) is 21.8. The van der Waals surface area contributed by atoms with Crippen LogP contribution in [0.1, 0.15) is 28.5 Å². The molecule has 31 heavy (non-hydrogen) atoms. The first-order valence-electron chi connectivity index (χ1n) is 9.73. The van der Waals surface area contributed by atoms with E-state index in [0.29, 0.717) is 0 Å². The minimum atomic E-state index is -0.992. The first-order chi connectivity index (χ1) is 15.0. The molecule has 1 heterocycles. The number of aromatic nitrogens is 1. The predicted octanol–water partition coefficient (Wildman–Crippen LogP) is 5.61. The number of nitrogens with one attached hydrogen (secondary N) is 1. The molecule has 6 heteroatoms. The molecule has 3 aromatic carbocycles. The van der Waals surface area contributed by atoms with Crippen LogP contribution in [0.3, 0.4) is 0 Å². The van der Waals surface area contributed by atoms with Gasteiger partial charge in [0.1, 0.15) is 5.69 Å². The van der Waals surface area contributed by atoms with Gasteiger partial charge in [0.05, 0.1) is 12.5 Å². The summed E-state index contributed by atoms with van der Waals surface area (Å²) in [4.78, 5) is 28.5. The third-order valence-electron chi connectivity index (χ3n) is 5.02. The van der Waals surface area contributed by atoms with Crippen LogP contribution in [0.2, 0.25) is 0 Å². The molecule has 2 N–H and O–H groups in total. The van der Waals surface area contributed by atoms with Crippen LogP contribution in [-0.4, -0.2) is 22.0 Å². The lowest BCUT2D eigenvalue weighted by atomic mass is 9.99. The summed E-state index contributed by atoms with van der Waals surface area (Å²) in [6.07, 6.45) is 1.41. The Morgan fingerprint density at radius 2 is 1.61 bits per heavy atom.